The highest BCUT2D eigenvalue weighted by Crippen LogP contribution is 2.28. The molecule has 0 radical (unpaired) electrons. The van der Waals surface area contributed by atoms with Crippen LogP contribution in [0.3, 0.4) is 0 Å². The molecule has 0 saturated heterocycles. The standard InChI is InChI=1S/C12H16N2O/c1-4-9(2)14-12-10(8-13)6-5-7-11(12)15-3/h5-7,9,14H,4H2,1-3H3. The molecule has 1 rings (SSSR count). The topological polar surface area (TPSA) is 45.0 Å². The van der Waals surface area contributed by atoms with Crippen LogP contribution in [-0.2, 0) is 0 Å². The summed E-state index contributed by atoms with van der Waals surface area (Å²) < 4.78 is 5.22. The van der Waals surface area contributed by atoms with Gasteiger partial charge in [-0.05, 0) is 25.5 Å². The lowest BCUT2D eigenvalue weighted by Gasteiger charge is -2.16. The van der Waals surface area contributed by atoms with Gasteiger partial charge in [-0.25, -0.2) is 0 Å². The third kappa shape index (κ3) is 2.63. The number of nitrogens with one attached hydrogen (secondary N) is 1. The van der Waals surface area contributed by atoms with E-state index < -0.39 is 0 Å². The van der Waals surface area contributed by atoms with Gasteiger partial charge in [0.2, 0.25) is 0 Å². The second kappa shape index (κ2) is 5.26. The summed E-state index contributed by atoms with van der Waals surface area (Å²) in [4.78, 5) is 0. The average Bonchev–Trinajstić information content (AvgIpc) is 2.29. The highest BCUT2D eigenvalue weighted by atomic mass is 16.5. The Morgan fingerprint density at radius 2 is 2.27 bits per heavy atom. The summed E-state index contributed by atoms with van der Waals surface area (Å²) in [6, 6.07) is 7.94. The number of anilines is 1. The van der Waals surface area contributed by atoms with Crippen LogP contribution in [0.25, 0.3) is 0 Å². The van der Waals surface area contributed by atoms with Crippen molar-refractivity contribution in [2.24, 2.45) is 0 Å². The Kier molecular flexibility index (Phi) is 3.99. The highest BCUT2D eigenvalue weighted by molar-refractivity contribution is 5.66. The van der Waals surface area contributed by atoms with Crippen molar-refractivity contribution in [2.45, 2.75) is 26.3 Å². The molecule has 1 aromatic carbocycles. The number of hydrogen-bond acceptors (Lipinski definition) is 3. The van der Waals surface area contributed by atoms with Crippen LogP contribution < -0.4 is 10.1 Å². The summed E-state index contributed by atoms with van der Waals surface area (Å²) in [6.07, 6.45) is 1.00. The van der Waals surface area contributed by atoms with Crippen LogP contribution in [-0.4, -0.2) is 13.2 Å². The minimum absolute atomic E-state index is 0.327. The van der Waals surface area contributed by atoms with Gasteiger partial charge in [0, 0.05) is 6.04 Å². The largest absolute Gasteiger partial charge is 0.495 e. The van der Waals surface area contributed by atoms with Gasteiger partial charge in [0.25, 0.3) is 0 Å². The first-order valence-corrected chi connectivity index (χ1v) is 5.06. The number of nitrogens with zero attached hydrogens (tertiary/aromatic N) is 1. The first-order chi connectivity index (χ1) is 7.22. The maximum absolute atomic E-state index is 8.98. The van der Waals surface area contributed by atoms with E-state index in [4.69, 9.17) is 10.00 Å². The van der Waals surface area contributed by atoms with Crippen molar-refractivity contribution in [3.8, 4) is 11.8 Å². The molecule has 80 valence electrons. The van der Waals surface area contributed by atoms with Crippen LogP contribution in [0.4, 0.5) is 5.69 Å². The molecule has 0 bridgehead atoms. The Bertz CT molecular complexity index is 368. The zero-order chi connectivity index (χ0) is 11.3. The number of hydrogen-bond donors (Lipinski definition) is 1. The number of ether oxygens (including phenoxy) is 1. The van der Waals surface area contributed by atoms with Gasteiger partial charge in [-0.15, -0.1) is 0 Å². The Balaban J connectivity index is 3.06. The predicted octanol–water partition coefficient (Wildman–Crippen LogP) is 2.78. The molecular formula is C12H16N2O. The third-order valence-corrected chi connectivity index (χ3v) is 2.37. The first kappa shape index (κ1) is 11.4. The third-order valence-electron chi connectivity index (χ3n) is 2.37. The molecule has 0 saturated carbocycles. The fourth-order valence-corrected chi connectivity index (χ4v) is 1.29. The number of rotatable bonds is 4. The second-order valence-electron chi connectivity index (χ2n) is 3.45. The first-order valence-electron chi connectivity index (χ1n) is 5.06. The van der Waals surface area contributed by atoms with Gasteiger partial charge in [0.1, 0.15) is 11.8 Å². The van der Waals surface area contributed by atoms with Gasteiger partial charge in [0.05, 0.1) is 18.4 Å². The maximum Gasteiger partial charge on any atom is 0.143 e. The van der Waals surface area contributed by atoms with Crippen molar-refractivity contribution in [3.63, 3.8) is 0 Å². The van der Waals surface area contributed by atoms with E-state index in [0.29, 0.717) is 17.4 Å². The molecule has 0 aromatic heterocycles. The Labute approximate surface area is 90.7 Å². The molecule has 0 heterocycles. The summed E-state index contributed by atoms with van der Waals surface area (Å²) in [7, 11) is 1.61. The molecule has 15 heavy (non-hydrogen) atoms. The quantitative estimate of drug-likeness (QED) is 0.820. The lowest BCUT2D eigenvalue weighted by Crippen LogP contribution is -2.15. The van der Waals surface area contributed by atoms with E-state index >= 15 is 0 Å². The minimum Gasteiger partial charge on any atom is -0.495 e. The maximum atomic E-state index is 8.98. The second-order valence-corrected chi connectivity index (χ2v) is 3.45. The number of benzene rings is 1. The molecule has 1 N–H and O–H groups in total. The van der Waals surface area contributed by atoms with E-state index in [1.165, 1.54) is 0 Å². The van der Waals surface area contributed by atoms with E-state index in [1.807, 2.05) is 12.1 Å². The van der Waals surface area contributed by atoms with Crippen LogP contribution >= 0.6 is 0 Å². The van der Waals surface area contributed by atoms with Crippen LogP contribution in [0.15, 0.2) is 18.2 Å². The summed E-state index contributed by atoms with van der Waals surface area (Å²) in [6.45, 7) is 4.17. The molecule has 1 aromatic rings. The fraction of sp³-hybridized carbons (Fsp3) is 0.417. The molecule has 1 unspecified atom stereocenters. The highest BCUT2D eigenvalue weighted by Gasteiger charge is 2.10. The summed E-state index contributed by atoms with van der Waals surface area (Å²) in [5.41, 5.74) is 1.41. The van der Waals surface area contributed by atoms with Crippen molar-refractivity contribution in [1.29, 1.82) is 5.26 Å². The molecule has 1 atom stereocenters. The fourth-order valence-electron chi connectivity index (χ4n) is 1.29. The Morgan fingerprint density at radius 3 is 2.80 bits per heavy atom. The molecule has 3 nitrogen and oxygen atoms in total. The van der Waals surface area contributed by atoms with Gasteiger partial charge >= 0.3 is 0 Å². The van der Waals surface area contributed by atoms with Gasteiger partial charge in [-0.1, -0.05) is 13.0 Å². The lowest BCUT2D eigenvalue weighted by molar-refractivity contribution is 0.416. The smallest absolute Gasteiger partial charge is 0.143 e. The molecule has 0 aliphatic carbocycles. The monoisotopic (exact) mass is 204 g/mol. The van der Waals surface area contributed by atoms with Crippen molar-refractivity contribution in [1.82, 2.24) is 0 Å². The molecule has 0 fully saturated rings. The van der Waals surface area contributed by atoms with E-state index in [-0.39, 0.29) is 0 Å². The van der Waals surface area contributed by atoms with Gasteiger partial charge in [0.15, 0.2) is 0 Å². The molecule has 0 aliphatic rings. The van der Waals surface area contributed by atoms with Crippen LogP contribution in [0.1, 0.15) is 25.8 Å². The van der Waals surface area contributed by atoms with Crippen molar-refractivity contribution >= 4 is 5.69 Å². The van der Waals surface area contributed by atoms with Crippen LogP contribution in [0, 0.1) is 11.3 Å². The van der Waals surface area contributed by atoms with Crippen LogP contribution in [0.2, 0.25) is 0 Å². The Morgan fingerprint density at radius 1 is 1.53 bits per heavy atom. The molecule has 3 heteroatoms. The van der Waals surface area contributed by atoms with Crippen molar-refractivity contribution in [2.75, 3.05) is 12.4 Å². The lowest BCUT2D eigenvalue weighted by atomic mass is 10.1. The summed E-state index contributed by atoms with van der Waals surface area (Å²) >= 11 is 0. The van der Waals surface area contributed by atoms with Crippen molar-refractivity contribution < 1.29 is 4.74 Å². The van der Waals surface area contributed by atoms with E-state index in [0.717, 1.165) is 12.1 Å². The molecular weight excluding hydrogens is 188 g/mol. The summed E-state index contributed by atoms with van der Waals surface area (Å²) in [5, 5.41) is 12.3. The van der Waals surface area contributed by atoms with E-state index in [2.05, 4.69) is 25.2 Å². The predicted molar refractivity (Wildman–Crippen MR) is 61.1 cm³/mol. The minimum atomic E-state index is 0.327. The van der Waals surface area contributed by atoms with Crippen LogP contribution in [0.5, 0.6) is 5.75 Å². The van der Waals surface area contributed by atoms with Gasteiger partial charge in [-0.2, -0.15) is 5.26 Å². The van der Waals surface area contributed by atoms with E-state index in [9.17, 15) is 0 Å². The number of methoxy groups -OCH3 is 1. The normalized spacial score (nSPS) is 11.6. The molecule has 0 spiro atoms. The average molecular weight is 204 g/mol. The SMILES string of the molecule is CCC(C)Nc1c(C#N)cccc1OC. The summed E-state index contributed by atoms with van der Waals surface area (Å²) in [5.74, 6) is 0.717. The Hall–Kier alpha value is -1.69. The van der Waals surface area contributed by atoms with Gasteiger partial charge < -0.3 is 10.1 Å². The number of nitriles is 1. The molecule has 0 aliphatic heterocycles. The molecule has 0 amide bonds. The zero-order valence-electron chi connectivity index (χ0n) is 9.37. The van der Waals surface area contributed by atoms with E-state index in [1.54, 1.807) is 13.2 Å². The van der Waals surface area contributed by atoms with Gasteiger partial charge in [-0.3, -0.25) is 0 Å². The number of para-hydroxylation sites is 1. The van der Waals surface area contributed by atoms with Crippen molar-refractivity contribution in [3.05, 3.63) is 23.8 Å². The zero-order valence-corrected chi connectivity index (χ0v) is 9.37.